The van der Waals surface area contributed by atoms with Gasteiger partial charge in [-0.05, 0) is 38.5 Å². The number of carbonyl (C=O) groups is 2. The molecule has 0 aromatic heterocycles. The van der Waals surface area contributed by atoms with E-state index < -0.39 is 0 Å². The fourth-order valence-electron chi connectivity index (χ4n) is 2.07. The van der Waals surface area contributed by atoms with Gasteiger partial charge in [0.25, 0.3) is 0 Å². The molecule has 0 atom stereocenters. The monoisotopic (exact) mass is 213 g/mol. The Morgan fingerprint density at radius 1 is 1.27 bits per heavy atom. The molecule has 1 saturated carbocycles. The smallest absolute Gasteiger partial charge is 0.406 e. The quantitative estimate of drug-likeness (QED) is 0.776. The third-order valence-corrected chi connectivity index (χ3v) is 3.14. The third kappa shape index (κ3) is 3.90. The summed E-state index contributed by atoms with van der Waals surface area (Å²) in [5.74, 6) is 1.05. The lowest BCUT2D eigenvalue weighted by atomic mass is 9.80. The molecule has 0 heterocycles. The number of methoxy groups -OCH3 is 1. The van der Waals surface area contributed by atoms with Crippen LogP contribution in [-0.2, 0) is 9.53 Å². The summed E-state index contributed by atoms with van der Waals surface area (Å²) in [4.78, 5) is 22.0. The van der Waals surface area contributed by atoms with Crippen LogP contribution in [0.1, 0.15) is 32.6 Å². The van der Waals surface area contributed by atoms with Crippen molar-refractivity contribution in [3.8, 4) is 0 Å². The first-order valence-electron chi connectivity index (χ1n) is 5.45. The van der Waals surface area contributed by atoms with Crippen LogP contribution in [-0.4, -0.2) is 25.5 Å². The number of rotatable bonds is 3. The maximum absolute atomic E-state index is 11.1. The molecule has 0 aromatic carbocycles. The largest absolute Gasteiger partial charge is 0.453 e. The van der Waals surface area contributed by atoms with E-state index in [0.29, 0.717) is 18.2 Å². The highest BCUT2D eigenvalue weighted by molar-refractivity contribution is 5.78. The van der Waals surface area contributed by atoms with E-state index >= 15 is 0 Å². The molecule has 0 aliphatic heterocycles. The number of nitrogens with one attached hydrogen (secondary N) is 1. The summed E-state index contributed by atoms with van der Waals surface area (Å²) < 4.78 is 4.50. The lowest BCUT2D eigenvalue weighted by Crippen LogP contribution is -2.32. The van der Waals surface area contributed by atoms with Gasteiger partial charge in [0.05, 0.1) is 7.11 Å². The Morgan fingerprint density at radius 2 is 1.87 bits per heavy atom. The van der Waals surface area contributed by atoms with Crippen LogP contribution >= 0.6 is 0 Å². The first kappa shape index (κ1) is 12.0. The number of Topliss-reactive ketones (excluding diaryl/α,β-unsaturated/α-hetero) is 1. The van der Waals surface area contributed by atoms with Gasteiger partial charge in [0.15, 0.2) is 0 Å². The van der Waals surface area contributed by atoms with Crippen molar-refractivity contribution in [2.24, 2.45) is 11.8 Å². The van der Waals surface area contributed by atoms with Crippen LogP contribution in [0.15, 0.2) is 0 Å². The van der Waals surface area contributed by atoms with Crippen molar-refractivity contribution < 1.29 is 14.3 Å². The Bertz CT molecular complexity index is 232. The van der Waals surface area contributed by atoms with Gasteiger partial charge in [-0.15, -0.1) is 0 Å². The average Bonchev–Trinajstić information content (AvgIpc) is 2.26. The van der Waals surface area contributed by atoms with Gasteiger partial charge in [-0.2, -0.15) is 0 Å². The number of ether oxygens (including phenoxy) is 1. The molecule has 0 bridgehead atoms. The van der Waals surface area contributed by atoms with Crippen LogP contribution in [0.3, 0.4) is 0 Å². The number of alkyl carbamates (subject to hydrolysis) is 1. The minimum absolute atomic E-state index is 0.249. The van der Waals surface area contributed by atoms with Gasteiger partial charge in [-0.3, -0.25) is 4.79 Å². The van der Waals surface area contributed by atoms with Gasteiger partial charge >= 0.3 is 6.09 Å². The summed E-state index contributed by atoms with van der Waals surface area (Å²) in [7, 11) is 1.36. The van der Waals surface area contributed by atoms with Gasteiger partial charge in [0.1, 0.15) is 5.78 Å². The van der Waals surface area contributed by atoms with Gasteiger partial charge in [0, 0.05) is 12.5 Å². The molecule has 0 aromatic rings. The molecule has 1 rings (SSSR count). The van der Waals surface area contributed by atoms with Crippen LogP contribution in [0.2, 0.25) is 0 Å². The topological polar surface area (TPSA) is 55.4 Å². The standard InChI is InChI=1S/C11H19NO3/c1-8(13)10-5-3-9(4-6-10)7-12-11(14)15-2/h9-10H,3-7H2,1-2H3,(H,12,14)/t9-,10-. The Balaban J connectivity index is 2.20. The van der Waals surface area contributed by atoms with Crippen molar-refractivity contribution in [2.45, 2.75) is 32.6 Å². The van der Waals surface area contributed by atoms with E-state index in [2.05, 4.69) is 10.1 Å². The van der Waals surface area contributed by atoms with Gasteiger partial charge in [-0.1, -0.05) is 0 Å². The summed E-state index contributed by atoms with van der Waals surface area (Å²) in [6.07, 6.45) is 3.59. The molecular formula is C11H19NO3. The van der Waals surface area contributed by atoms with E-state index in [1.54, 1.807) is 6.92 Å². The second kappa shape index (κ2) is 5.73. The lowest BCUT2D eigenvalue weighted by Gasteiger charge is -2.26. The van der Waals surface area contributed by atoms with Crippen molar-refractivity contribution in [3.05, 3.63) is 0 Å². The molecule has 0 spiro atoms. The molecule has 1 aliphatic rings. The van der Waals surface area contributed by atoms with Crippen molar-refractivity contribution in [1.82, 2.24) is 5.32 Å². The van der Waals surface area contributed by atoms with Crippen LogP contribution in [0.5, 0.6) is 0 Å². The van der Waals surface area contributed by atoms with E-state index in [0.717, 1.165) is 25.7 Å². The minimum Gasteiger partial charge on any atom is -0.453 e. The van der Waals surface area contributed by atoms with Crippen LogP contribution in [0.4, 0.5) is 4.79 Å². The van der Waals surface area contributed by atoms with Crippen molar-refractivity contribution in [2.75, 3.05) is 13.7 Å². The minimum atomic E-state index is -0.372. The summed E-state index contributed by atoms with van der Waals surface area (Å²) in [5, 5.41) is 2.70. The average molecular weight is 213 g/mol. The second-order valence-electron chi connectivity index (χ2n) is 4.20. The van der Waals surface area contributed by atoms with Gasteiger partial charge < -0.3 is 10.1 Å². The molecular weight excluding hydrogens is 194 g/mol. The number of amides is 1. The molecule has 0 saturated heterocycles. The number of ketones is 1. The zero-order chi connectivity index (χ0) is 11.3. The fourth-order valence-corrected chi connectivity index (χ4v) is 2.07. The number of hydrogen-bond acceptors (Lipinski definition) is 3. The predicted octanol–water partition coefficient (Wildman–Crippen LogP) is 1.74. The molecule has 1 N–H and O–H groups in total. The van der Waals surface area contributed by atoms with Crippen LogP contribution in [0.25, 0.3) is 0 Å². The zero-order valence-electron chi connectivity index (χ0n) is 9.41. The zero-order valence-corrected chi connectivity index (χ0v) is 9.41. The van der Waals surface area contributed by atoms with E-state index in [4.69, 9.17) is 0 Å². The third-order valence-electron chi connectivity index (χ3n) is 3.14. The van der Waals surface area contributed by atoms with Gasteiger partial charge in [-0.25, -0.2) is 4.79 Å². The summed E-state index contributed by atoms with van der Waals surface area (Å²) in [6.45, 7) is 2.33. The Hall–Kier alpha value is -1.06. The van der Waals surface area contributed by atoms with Crippen LogP contribution < -0.4 is 5.32 Å². The highest BCUT2D eigenvalue weighted by atomic mass is 16.5. The van der Waals surface area contributed by atoms with E-state index in [9.17, 15) is 9.59 Å². The second-order valence-corrected chi connectivity index (χ2v) is 4.20. The fraction of sp³-hybridized carbons (Fsp3) is 0.818. The van der Waals surface area contributed by atoms with Gasteiger partial charge in [0.2, 0.25) is 0 Å². The van der Waals surface area contributed by atoms with Crippen molar-refractivity contribution in [3.63, 3.8) is 0 Å². The Morgan fingerprint density at radius 3 is 2.33 bits per heavy atom. The molecule has 1 aliphatic carbocycles. The maximum Gasteiger partial charge on any atom is 0.406 e. The molecule has 86 valence electrons. The molecule has 0 radical (unpaired) electrons. The molecule has 4 nitrogen and oxygen atoms in total. The summed E-state index contributed by atoms with van der Waals surface area (Å²) in [6, 6.07) is 0. The summed E-state index contributed by atoms with van der Waals surface area (Å²) >= 11 is 0. The van der Waals surface area contributed by atoms with E-state index in [1.165, 1.54) is 7.11 Å². The predicted molar refractivity (Wildman–Crippen MR) is 56.5 cm³/mol. The Kier molecular flexibility index (Phi) is 4.59. The van der Waals surface area contributed by atoms with E-state index in [-0.39, 0.29) is 12.0 Å². The maximum atomic E-state index is 11.1. The first-order valence-corrected chi connectivity index (χ1v) is 5.45. The molecule has 15 heavy (non-hydrogen) atoms. The number of hydrogen-bond donors (Lipinski definition) is 1. The molecule has 1 fully saturated rings. The first-order chi connectivity index (χ1) is 7.13. The van der Waals surface area contributed by atoms with Crippen molar-refractivity contribution in [1.29, 1.82) is 0 Å². The SMILES string of the molecule is COC(=O)NC[C@H]1CC[C@H](C(C)=O)CC1. The molecule has 0 unspecified atom stereocenters. The van der Waals surface area contributed by atoms with Crippen LogP contribution in [0, 0.1) is 11.8 Å². The normalized spacial score (nSPS) is 25.7. The molecule has 1 amide bonds. The highest BCUT2D eigenvalue weighted by Gasteiger charge is 2.23. The highest BCUT2D eigenvalue weighted by Crippen LogP contribution is 2.28. The lowest BCUT2D eigenvalue weighted by molar-refractivity contribution is -0.121. The van der Waals surface area contributed by atoms with E-state index in [1.807, 2.05) is 0 Å². The summed E-state index contributed by atoms with van der Waals surface area (Å²) in [5.41, 5.74) is 0. The van der Waals surface area contributed by atoms with Crippen molar-refractivity contribution >= 4 is 11.9 Å². The Labute approximate surface area is 90.4 Å². The number of carbonyl (C=O) groups excluding carboxylic acids is 2. The molecule has 4 heteroatoms.